The largest absolute Gasteiger partial charge is 0.389 e. The molecule has 1 aliphatic rings. The summed E-state index contributed by atoms with van der Waals surface area (Å²) in [5.41, 5.74) is 0. The summed E-state index contributed by atoms with van der Waals surface area (Å²) in [6.07, 6.45) is 6.43. The molecule has 0 spiro atoms. The van der Waals surface area contributed by atoms with Crippen LogP contribution in [0.25, 0.3) is 0 Å². The van der Waals surface area contributed by atoms with Gasteiger partial charge in [-0.1, -0.05) is 19.3 Å². The zero-order chi connectivity index (χ0) is 13.2. The Labute approximate surface area is 111 Å². The lowest BCUT2D eigenvalue weighted by Gasteiger charge is -2.23. The van der Waals surface area contributed by atoms with Gasteiger partial charge in [0.2, 0.25) is 0 Å². The van der Waals surface area contributed by atoms with E-state index in [2.05, 4.69) is 5.32 Å². The molecule has 0 heterocycles. The molecule has 1 saturated carbocycles. The summed E-state index contributed by atoms with van der Waals surface area (Å²) in [4.78, 5) is 0. The van der Waals surface area contributed by atoms with Gasteiger partial charge in [0.1, 0.15) is 0 Å². The highest BCUT2D eigenvalue weighted by Gasteiger charge is 2.13. The molecule has 2 unspecified atom stereocenters. The Bertz CT molecular complexity index is 195. The van der Waals surface area contributed by atoms with Gasteiger partial charge in [-0.15, -0.1) is 0 Å². The van der Waals surface area contributed by atoms with Crippen molar-refractivity contribution < 1.29 is 14.6 Å². The van der Waals surface area contributed by atoms with Crippen LogP contribution in [-0.2, 0) is 9.47 Å². The van der Waals surface area contributed by atoms with Crippen LogP contribution in [0.5, 0.6) is 0 Å². The SMILES string of the molecule is COCC(C)OCC(O)CNCC1CCCCC1. The minimum Gasteiger partial charge on any atom is -0.389 e. The van der Waals surface area contributed by atoms with Crippen molar-refractivity contribution >= 4 is 0 Å². The maximum absolute atomic E-state index is 9.77. The highest BCUT2D eigenvalue weighted by atomic mass is 16.5. The van der Waals surface area contributed by atoms with E-state index in [1.165, 1.54) is 32.1 Å². The van der Waals surface area contributed by atoms with Gasteiger partial charge in [0, 0.05) is 13.7 Å². The fraction of sp³-hybridized carbons (Fsp3) is 1.00. The number of nitrogens with one attached hydrogen (secondary N) is 1. The van der Waals surface area contributed by atoms with E-state index in [1.807, 2.05) is 6.92 Å². The molecule has 0 amide bonds. The Balaban J connectivity index is 1.97. The van der Waals surface area contributed by atoms with E-state index in [1.54, 1.807) is 7.11 Å². The van der Waals surface area contributed by atoms with Crippen molar-refractivity contribution in [3.05, 3.63) is 0 Å². The summed E-state index contributed by atoms with van der Waals surface area (Å²) in [6, 6.07) is 0. The summed E-state index contributed by atoms with van der Waals surface area (Å²) in [5.74, 6) is 0.805. The molecule has 2 atom stereocenters. The third kappa shape index (κ3) is 7.31. The van der Waals surface area contributed by atoms with Crippen molar-refractivity contribution in [2.45, 2.75) is 51.2 Å². The Hall–Kier alpha value is -0.160. The molecule has 0 aromatic rings. The zero-order valence-corrected chi connectivity index (χ0v) is 11.9. The predicted molar refractivity (Wildman–Crippen MR) is 72.7 cm³/mol. The fourth-order valence-corrected chi connectivity index (χ4v) is 2.46. The molecular formula is C14H29NO3. The molecule has 0 bridgehead atoms. The number of hydrogen-bond donors (Lipinski definition) is 2. The molecule has 1 rings (SSSR count). The molecular weight excluding hydrogens is 230 g/mol. The van der Waals surface area contributed by atoms with E-state index in [4.69, 9.17) is 9.47 Å². The first kappa shape index (κ1) is 15.9. The van der Waals surface area contributed by atoms with Crippen LogP contribution in [0.2, 0.25) is 0 Å². The van der Waals surface area contributed by atoms with Crippen LogP contribution in [0.15, 0.2) is 0 Å². The average molecular weight is 259 g/mol. The first-order chi connectivity index (χ1) is 8.72. The second kappa shape index (κ2) is 9.73. The van der Waals surface area contributed by atoms with Crippen LogP contribution < -0.4 is 5.32 Å². The predicted octanol–water partition coefficient (Wildman–Crippen LogP) is 1.57. The molecule has 4 heteroatoms. The third-order valence-electron chi connectivity index (χ3n) is 3.51. The maximum atomic E-state index is 9.77. The summed E-state index contributed by atoms with van der Waals surface area (Å²) >= 11 is 0. The number of methoxy groups -OCH3 is 1. The fourth-order valence-electron chi connectivity index (χ4n) is 2.46. The van der Waals surface area contributed by atoms with Gasteiger partial charge in [-0.05, 0) is 32.2 Å². The lowest BCUT2D eigenvalue weighted by molar-refractivity contribution is -0.0312. The zero-order valence-electron chi connectivity index (χ0n) is 11.9. The van der Waals surface area contributed by atoms with E-state index in [0.717, 1.165) is 12.5 Å². The van der Waals surface area contributed by atoms with Gasteiger partial charge < -0.3 is 19.9 Å². The molecule has 0 saturated heterocycles. The highest BCUT2D eigenvalue weighted by molar-refractivity contribution is 4.69. The van der Waals surface area contributed by atoms with Crippen molar-refractivity contribution in [2.24, 2.45) is 5.92 Å². The molecule has 2 N–H and O–H groups in total. The Morgan fingerprint density at radius 2 is 1.94 bits per heavy atom. The summed E-state index contributed by atoms with van der Waals surface area (Å²) in [5, 5.41) is 13.1. The standard InChI is InChI=1S/C14H29NO3/c1-12(10-17-2)18-11-14(16)9-15-8-13-6-4-3-5-7-13/h12-16H,3-11H2,1-2H3. The third-order valence-corrected chi connectivity index (χ3v) is 3.51. The second-order valence-electron chi connectivity index (χ2n) is 5.42. The number of hydrogen-bond acceptors (Lipinski definition) is 4. The van der Waals surface area contributed by atoms with E-state index in [-0.39, 0.29) is 6.10 Å². The first-order valence-electron chi connectivity index (χ1n) is 7.21. The molecule has 18 heavy (non-hydrogen) atoms. The van der Waals surface area contributed by atoms with Crippen LogP contribution in [0.1, 0.15) is 39.0 Å². The van der Waals surface area contributed by atoms with Gasteiger partial charge in [0.25, 0.3) is 0 Å². The van der Waals surface area contributed by atoms with Crippen molar-refractivity contribution in [1.29, 1.82) is 0 Å². The molecule has 0 aromatic heterocycles. The first-order valence-corrected chi connectivity index (χ1v) is 7.21. The van der Waals surface area contributed by atoms with Crippen LogP contribution in [0, 0.1) is 5.92 Å². The summed E-state index contributed by atoms with van der Waals surface area (Å²) < 4.78 is 10.4. The van der Waals surface area contributed by atoms with Crippen LogP contribution >= 0.6 is 0 Å². The summed E-state index contributed by atoms with van der Waals surface area (Å²) in [6.45, 7) is 4.55. The van der Waals surface area contributed by atoms with E-state index >= 15 is 0 Å². The molecule has 0 radical (unpaired) electrons. The molecule has 0 aliphatic heterocycles. The highest BCUT2D eigenvalue weighted by Crippen LogP contribution is 2.22. The van der Waals surface area contributed by atoms with Crippen LogP contribution in [0.4, 0.5) is 0 Å². The monoisotopic (exact) mass is 259 g/mol. The number of aliphatic hydroxyl groups is 1. The van der Waals surface area contributed by atoms with Crippen molar-refractivity contribution in [1.82, 2.24) is 5.32 Å². The minimum absolute atomic E-state index is 0.0444. The van der Waals surface area contributed by atoms with Gasteiger partial charge in [-0.25, -0.2) is 0 Å². The van der Waals surface area contributed by atoms with Crippen molar-refractivity contribution in [2.75, 3.05) is 33.4 Å². The second-order valence-corrected chi connectivity index (χ2v) is 5.42. The van der Waals surface area contributed by atoms with Gasteiger partial charge in [0.05, 0.1) is 25.4 Å². The van der Waals surface area contributed by atoms with E-state index in [0.29, 0.717) is 19.8 Å². The quantitative estimate of drug-likeness (QED) is 0.660. The molecule has 0 aromatic carbocycles. The Kier molecular flexibility index (Phi) is 8.59. The molecule has 108 valence electrons. The Morgan fingerprint density at radius 1 is 1.22 bits per heavy atom. The van der Waals surface area contributed by atoms with Gasteiger partial charge in [-0.3, -0.25) is 0 Å². The molecule has 1 fully saturated rings. The van der Waals surface area contributed by atoms with E-state index in [9.17, 15) is 5.11 Å². The van der Waals surface area contributed by atoms with Gasteiger partial charge >= 0.3 is 0 Å². The van der Waals surface area contributed by atoms with Crippen molar-refractivity contribution in [3.63, 3.8) is 0 Å². The lowest BCUT2D eigenvalue weighted by atomic mass is 9.89. The van der Waals surface area contributed by atoms with Crippen LogP contribution in [-0.4, -0.2) is 50.7 Å². The van der Waals surface area contributed by atoms with Gasteiger partial charge in [-0.2, -0.15) is 0 Å². The number of rotatable bonds is 9. The Morgan fingerprint density at radius 3 is 2.61 bits per heavy atom. The number of ether oxygens (including phenoxy) is 2. The van der Waals surface area contributed by atoms with Crippen molar-refractivity contribution in [3.8, 4) is 0 Å². The number of aliphatic hydroxyl groups excluding tert-OH is 1. The average Bonchev–Trinajstić information content (AvgIpc) is 2.38. The molecule has 4 nitrogen and oxygen atoms in total. The molecule has 1 aliphatic carbocycles. The van der Waals surface area contributed by atoms with Crippen LogP contribution in [0.3, 0.4) is 0 Å². The summed E-state index contributed by atoms with van der Waals surface area (Å²) in [7, 11) is 1.65. The normalized spacial score (nSPS) is 20.8. The van der Waals surface area contributed by atoms with Gasteiger partial charge in [0.15, 0.2) is 0 Å². The van der Waals surface area contributed by atoms with E-state index < -0.39 is 6.10 Å². The smallest absolute Gasteiger partial charge is 0.0897 e. The lowest BCUT2D eigenvalue weighted by Crippen LogP contribution is -2.35. The maximum Gasteiger partial charge on any atom is 0.0897 e. The topological polar surface area (TPSA) is 50.7 Å². The minimum atomic E-state index is -0.423.